The highest BCUT2D eigenvalue weighted by molar-refractivity contribution is 5.94. The van der Waals surface area contributed by atoms with Gasteiger partial charge in [0.2, 0.25) is 11.8 Å². The van der Waals surface area contributed by atoms with Crippen LogP contribution in [0.2, 0.25) is 0 Å². The average Bonchev–Trinajstić information content (AvgIpc) is 3.00. The molecule has 1 saturated heterocycles. The number of carbonyl (C=O) groups excluding carboxylic acids is 2. The van der Waals surface area contributed by atoms with E-state index in [1.807, 2.05) is 4.90 Å². The molecule has 0 aromatic heterocycles. The number of hydrogen-bond donors (Lipinski definition) is 1. The molecular weight excluding hydrogens is 228 g/mol. The molecule has 18 heavy (non-hydrogen) atoms. The van der Waals surface area contributed by atoms with E-state index in [1.54, 1.807) is 0 Å². The Labute approximate surface area is 108 Å². The third-order valence-electron chi connectivity index (χ3n) is 4.90. The molecule has 1 heterocycles. The quantitative estimate of drug-likeness (QED) is 0.806. The maximum atomic E-state index is 12.8. The van der Waals surface area contributed by atoms with Crippen LogP contribution < -0.4 is 5.32 Å². The van der Waals surface area contributed by atoms with Crippen LogP contribution in [0.15, 0.2) is 0 Å². The fraction of sp³-hybridized carbons (Fsp3) is 0.857. The molecule has 2 unspecified atom stereocenters. The molecule has 3 fully saturated rings. The summed E-state index contributed by atoms with van der Waals surface area (Å²) < 4.78 is 0. The third-order valence-corrected chi connectivity index (χ3v) is 4.90. The fourth-order valence-corrected chi connectivity index (χ4v) is 3.67. The molecule has 2 atom stereocenters. The minimum Gasteiger partial charge on any atom is -0.342 e. The molecule has 4 nitrogen and oxygen atoms in total. The van der Waals surface area contributed by atoms with Crippen molar-refractivity contribution in [3.63, 3.8) is 0 Å². The van der Waals surface area contributed by atoms with Crippen molar-refractivity contribution in [2.24, 2.45) is 5.92 Å². The predicted molar refractivity (Wildman–Crippen MR) is 67.9 cm³/mol. The molecule has 1 aliphatic heterocycles. The van der Waals surface area contributed by atoms with Gasteiger partial charge in [-0.25, -0.2) is 0 Å². The predicted octanol–water partition coefficient (Wildman–Crippen LogP) is 1.45. The standard InChI is InChI=1S/C14H22N2O2/c1-2-10-9-11(10)16-8-5-12(17)15-14(13(16)18)6-3-4-7-14/h10-11H,2-9H2,1H3,(H,15,17). The van der Waals surface area contributed by atoms with Gasteiger partial charge in [-0.2, -0.15) is 0 Å². The zero-order chi connectivity index (χ0) is 12.8. The maximum Gasteiger partial charge on any atom is 0.248 e. The average molecular weight is 250 g/mol. The number of rotatable bonds is 2. The van der Waals surface area contributed by atoms with Crippen LogP contribution in [0.4, 0.5) is 0 Å². The first-order chi connectivity index (χ1) is 8.66. The number of carbonyl (C=O) groups is 2. The molecule has 0 aromatic rings. The summed E-state index contributed by atoms with van der Waals surface area (Å²) in [5, 5.41) is 3.02. The summed E-state index contributed by atoms with van der Waals surface area (Å²) in [6, 6.07) is 0.410. The molecule has 0 radical (unpaired) electrons. The van der Waals surface area contributed by atoms with Gasteiger partial charge in [0.25, 0.3) is 0 Å². The Morgan fingerprint density at radius 2 is 2.06 bits per heavy atom. The summed E-state index contributed by atoms with van der Waals surface area (Å²) >= 11 is 0. The van der Waals surface area contributed by atoms with Gasteiger partial charge in [-0.1, -0.05) is 26.2 Å². The van der Waals surface area contributed by atoms with Gasteiger partial charge in [0.15, 0.2) is 0 Å². The molecule has 2 saturated carbocycles. The third kappa shape index (κ3) is 1.82. The van der Waals surface area contributed by atoms with Crippen LogP contribution in [0, 0.1) is 5.92 Å². The molecule has 1 N–H and O–H groups in total. The van der Waals surface area contributed by atoms with Gasteiger partial charge in [-0.15, -0.1) is 0 Å². The molecular formula is C14H22N2O2. The van der Waals surface area contributed by atoms with E-state index in [-0.39, 0.29) is 11.8 Å². The zero-order valence-electron chi connectivity index (χ0n) is 11.1. The van der Waals surface area contributed by atoms with Crippen molar-refractivity contribution in [1.29, 1.82) is 0 Å². The van der Waals surface area contributed by atoms with E-state index < -0.39 is 5.54 Å². The molecule has 1 spiro atoms. The summed E-state index contributed by atoms with van der Waals surface area (Å²) in [5.74, 6) is 0.925. The summed E-state index contributed by atoms with van der Waals surface area (Å²) in [7, 11) is 0. The Morgan fingerprint density at radius 3 is 2.67 bits per heavy atom. The van der Waals surface area contributed by atoms with E-state index in [2.05, 4.69) is 12.2 Å². The second-order valence-electron chi connectivity index (χ2n) is 6.06. The normalized spacial score (nSPS) is 34.6. The smallest absolute Gasteiger partial charge is 0.248 e. The minimum atomic E-state index is -0.547. The van der Waals surface area contributed by atoms with Gasteiger partial charge in [0.1, 0.15) is 5.54 Å². The molecule has 3 rings (SSSR count). The number of amides is 2. The monoisotopic (exact) mass is 250 g/mol. The van der Waals surface area contributed by atoms with Gasteiger partial charge < -0.3 is 10.2 Å². The summed E-state index contributed by atoms with van der Waals surface area (Å²) in [5.41, 5.74) is -0.547. The second-order valence-corrected chi connectivity index (χ2v) is 6.06. The largest absolute Gasteiger partial charge is 0.342 e. The van der Waals surface area contributed by atoms with Crippen LogP contribution in [0.5, 0.6) is 0 Å². The number of nitrogens with zero attached hydrogens (tertiary/aromatic N) is 1. The molecule has 3 aliphatic rings. The lowest BCUT2D eigenvalue weighted by Crippen LogP contribution is -2.56. The second kappa shape index (κ2) is 4.25. The van der Waals surface area contributed by atoms with Crippen molar-refractivity contribution in [2.45, 2.75) is 63.5 Å². The lowest BCUT2D eigenvalue weighted by atomic mass is 9.95. The first-order valence-electron chi connectivity index (χ1n) is 7.28. The Bertz CT molecular complexity index is 374. The highest BCUT2D eigenvalue weighted by Gasteiger charge is 2.51. The lowest BCUT2D eigenvalue weighted by molar-refractivity contribution is -0.139. The lowest BCUT2D eigenvalue weighted by Gasteiger charge is -2.32. The highest BCUT2D eigenvalue weighted by Crippen LogP contribution is 2.42. The van der Waals surface area contributed by atoms with Crippen molar-refractivity contribution in [2.75, 3.05) is 6.54 Å². The molecule has 2 amide bonds. The van der Waals surface area contributed by atoms with Crippen molar-refractivity contribution in [3.05, 3.63) is 0 Å². The van der Waals surface area contributed by atoms with E-state index in [0.29, 0.717) is 24.9 Å². The van der Waals surface area contributed by atoms with Crippen molar-refractivity contribution < 1.29 is 9.59 Å². The van der Waals surface area contributed by atoms with Crippen LogP contribution in [0.3, 0.4) is 0 Å². The highest BCUT2D eigenvalue weighted by atomic mass is 16.2. The first-order valence-corrected chi connectivity index (χ1v) is 7.28. The van der Waals surface area contributed by atoms with Crippen LogP contribution >= 0.6 is 0 Å². The fourth-order valence-electron chi connectivity index (χ4n) is 3.67. The van der Waals surface area contributed by atoms with Crippen molar-refractivity contribution >= 4 is 11.8 Å². The van der Waals surface area contributed by atoms with Crippen LogP contribution in [-0.4, -0.2) is 34.8 Å². The Balaban J connectivity index is 1.82. The number of nitrogens with one attached hydrogen (secondary N) is 1. The van der Waals surface area contributed by atoms with E-state index in [0.717, 1.165) is 38.5 Å². The van der Waals surface area contributed by atoms with Crippen molar-refractivity contribution in [3.8, 4) is 0 Å². The number of hydrogen-bond acceptors (Lipinski definition) is 2. The molecule has 100 valence electrons. The van der Waals surface area contributed by atoms with E-state index in [1.165, 1.54) is 0 Å². The van der Waals surface area contributed by atoms with Crippen LogP contribution in [0.1, 0.15) is 51.9 Å². The maximum absolute atomic E-state index is 12.8. The van der Waals surface area contributed by atoms with Crippen molar-refractivity contribution in [1.82, 2.24) is 10.2 Å². The van der Waals surface area contributed by atoms with Gasteiger partial charge in [-0.3, -0.25) is 9.59 Å². The molecule has 0 bridgehead atoms. The van der Waals surface area contributed by atoms with Gasteiger partial charge in [0, 0.05) is 19.0 Å². The molecule has 4 heteroatoms. The first kappa shape index (κ1) is 12.0. The Morgan fingerprint density at radius 1 is 1.33 bits per heavy atom. The van der Waals surface area contributed by atoms with Gasteiger partial charge in [0.05, 0.1) is 0 Å². The summed E-state index contributed by atoms with van der Waals surface area (Å²) in [4.78, 5) is 26.6. The van der Waals surface area contributed by atoms with Gasteiger partial charge in [-0.05, 0) is 25.2 Å². The molecule has 0 aromatic carbocycles. The SMILES string of the molecule is CCC1CC1N1CCC(=O)NC2(CCCC2)C1=O. The Kier molecular flexibility index (Phi) is 2.83. The minimum absolute atomic E-state index is 0.0569. The van der Waals surface area contributed by atoms with Gasteiger partial charge >= 0.3 is 0 Å². The van der Waals surface area contributed by atoms with Crippen LogP contribution in [0.25, 0.3) is 0 Å². The summed E-state index contributed by atoms with van der Waals surface area (Å²) in [6.07, 6.45) is 6.52. The van der Waals surface area contributed by atoms with Crippen LogP contribution in [-0.2, 0) is 9.59 Å². The van der Waals surface area contributed by atoms with E-state index in [9.17, 15) is 9.59 Å². The Hall–Kier alpha value is -1.06. The topological polar surface area (TPSA) is 49.4 Å². The molecule has 2 aliphatic carbocycles. The summed E-state index contributed by atoms with van der Waals surface area (Å²) in [6.45, 7) is 2.80. The van der Waals surface area contributed by atoms with E-state index in [4.69, 9.17) is 0 Å². The zero-order valence-corrected chi connectivity index (χ0v) is 11.1. The van der Waals surface area contributed by atoms with E-state index >= 15 is 0 Å².